The molecule has 2 aromatic carbocycles. The molecule has 0 heterocycles. The van der Waals surface area contributed by atoms with Crippen LogP contribution in [0.4, 0.5) is 0 Å². The molecular formula is C12H10O10S3. The van der Waals surface area contributed by atoms with Gasteiger partial charge in [-0.05, 0) is 30.3 Å². The summed E-state index contributed by atoms with van der Waals surface area (Å²) in [5.41, 5.74) is 0. The van der Waals surface area contributed by atoms with Gasteiger partial charge in [0.05, 0.1) is 9.79 Å². The van der Waals surface area contributed by atoms with E-state index in [1.54, 1.807) is 0 Å². The summed E-state index contributed by atoms with van der Waals surface area (Å²) in [6.07, 6.45) is 0. The van der Waals surface area contributed by atoms with Crippen molar-refractivity contribution in [1.82, 2.24) is 0 Å². The Bertz CT molecular complexity index is 1160. The van der Waals surface area contributed by atoms with Gasteiger partial charge in [0.25, 0.3) is 20.2 Å². The first kappa shape index (κ1) is 19.1. The van der Waals surface area contributed by atoms with Crippen molar-refractivity contribution in [3.63, 3.8) is 0 Å². The summed E-state index contributed by atoms with van der Waals surface area (Å²) in [6, 6.07) is 4.98. The van der Waals surface area contributed by atoms with Crippen LogP contribution in [0.15, 0.2) is 56.0 Å². The van der Waals surface area contributed by atoms with Gasteiger partial charge in [0.1, 0.15) is 10.6 Å². The van der Waals surface area contributed by atoms with Gasteiger partial charge in [0.15, 0.2) is 10.6 Å². The predicted octanol–water partition coefficient (Wildman–Crippen LogP) is 0.424. The molecule has 2 rings (SSSR count). The zero-order valence-electron chi connectivity index (χ0n) is 11.9. The molecule has 0 aliphatic heterocycles. The maximum Gasteiger partial charge on any atom is 0.299 e. The van der Waals surface area contributed by atoms with E-state index in [0.29, 0.717) is 12.1 Å². The molecule has 0 aliphatic carbocycles. The third-order valence-corrected chi connectivity index (χ3v) is 6.75. The Balaban J connectivity index is 2.95. The van der Waals surface area contributed by atoms with E-state index in [2.05, 4.69) is 0 Å². The van der Waals surface area contributed by atoms with E-state index in [1.165, 1.54) is 0 Å². The van der Waals surface area contributed by atoms with Crippen LogP contribution in [-0.4, -0.2) is 44.6 Å². The molecule has 13 heteroatoms. The molecule has 0 spiro atoms. The van der Waals surface area contributed by atoms with Crippen molar-refractivity contribution in [3.8, 4) is 11.5 Å². The third-order valence-electron chi connectivity index (χ3n) is 3.01. The average molecular weight is 410 g/mol. The number of hydrogen-bond donors (Lipinski definition) is 4. The Morgan fingerprint density at radius 2 is 1.28 bits per heavy atom. The highest BCUT2D eigenvalue weighted by Crippen LogP contribution is 2.38. The normalized spacial score (nSPS) is 12.9. The van der Waals surface area contributed by atoms with E-state index in [9.17, 15) is 40.0 Å². The molecule has 0 bridgehead atoms. The number of rotatable bonds is 4. The summed E-state index contributed by atoms with van der Waals surface area (Å²) in [5, 5.41) is 19.2. The second-order valence-corrected chi connectivity index (χ2v) is 9.36. The molecule has 0 aromatic heterocycles. The van der Waals surface area contributed by atoms with Crippen molar-refractivity contribution in [2.75, 3.05) is 0 Å². The van der Waals surface area contributed by atoms with Gasteiger partial charge in [-0.25, -0.2) is 8.42 Å². The Hall–Kier alpha value is -2.19. The molecule has 0 fully saturated rings. The molecule has 2 aromatic rings. The van der Waals surface area contributed by atoms with Gasteiger partial charge < -0.3 is 10.2 Å². The highest BCUT2D eigenvalue weighted by atomic mass is 32.2. The lowest BCUT2D eigenvalue weighted by Crippen LogP contribution is -2.12. The minimum Gasteiger partial charge on any atom is -0.508 e. The molecule has 0 saturated carbocycles. The van der Waals surface area contributed by atoms with Crippen LogP contribution in [0.25, 0.3) is 0 Å². The predicted molar refractivity (Wildman–Crippen MR) is 81.3 cm³/mol. The van der Waals surface area contributed by atoms with Crippen LogP contribution in [0, 0.1) is 0 Å². The van der Waals surface area contributed by atoms with Crippen LogP contribution in [-0.2, 0) is 30.1 Å². The molecule has 10 nitrogen and oxygen atoms in total. The van der Waals surface area contributed by atoms with E-state index in [0.717, 1.165) is 24.3 Å². The molecule has 0 atom stereocenters. The van der Waals surface area contributed by atoms with Crippen LogP contribution in [0.2, 0.25) is 0 Å². The summed E-state index contributed by atoms with van der Waals surface area (Å²) < 4.78 is 88.6. The molecule has 0 saturated heterocycles. The molecule has 25 heavy (non-hydrogen) atoms. The monoisotopic (exact) mass is 410 g/mol. The van der Waals surface area contributed by atoms with Crippen LogP contribution >= 0.6 is 0 Å². The van der Waals surface area contributed by atoms with E-state index in [-0.39, 0.29) is 0 Å². The minimum absolute atomic E-state index is 0.453. The van der Waals surface area contributed by atoms with Crippen molar-refractivity contribution in [2.24, 2.45) is 0 Å². The summed E-state index contributed by atoms with van der Waals surface area (Å²) in [4.78, 5) is -4.66. The van der Waals surface area contributed by atoms with Gasteiger partial charge in [-0.1, -0.05) is 6.07 Å². The molecular weight excluding hydrogens is 400 g/mol. The Labute approximate surface area is 142 Å². The summed E-state index contributed by atoms with van der Waals surface area (Å²) in [5.74, 6) is -2.13. The fraction of sp³-hybridized carbons (Fsp3) is 0. The van der Waals surface area contributed by atoms with Crippen molar-refractivity contribution < 1.29 is 44.6 Å². The molecule has 136 valence electrons. The number of hydrogen-bond acceptors (Lipinski definition) is 8. The smallest absolute Gasteiger partial charge is 0.299 e. The third kappa shape index (κ3) is 3.59. The largest absolute Gasteiger partial charge is 0.508 e. The van der Waals surface area contributed by atoms with Crippen molar-refractivity contribution >= 4 is 30.1 Å². The lowest BCUT2D eigenvalue weighted by atomic mass is 10.3. The topological polar surface area (TPSA) is 183 Å². The van der Waals surface area contributed by atoms with Crippen LogP contribution < -0.4 is 0 Å². The SMILES string of the molecule is O=S(=O)(O)c1ccc(S(=O)(=O)c2cccc(O)c2)c(S(=O)(=O)O)c1O. The first-order valence-corrected chi connectivity index (χ1v) is 10.5. The summed E-state index contributed by atoms with van der Waals surface area (Å²) in [7, 11) is -15.2. The second kappa shape index (κ2) is 5.96. The lowest BCUT2D eigenvalue weighted by molar-refractivity contribution is 0.417. The van der Waals surface area contributed by atoms with Gasteiger partial charge in [0, 0.05) is 0 Å². The van der Waals surface area contributed by atoms with Crippen molar-refractivity contribution in [3.05, 3.63) is 36.4 Å². The van der Waals surface area contributed by atoms with Gasteiger partial charge in [-0.15, -0.1) is 0 Å². The van der Waals surface area contributed by atoms with Crippen LogP contribution in [0.1, 0.15) is 0 Å². The molecule has 0 radical (unpaired) electrons. The highest BCUT2D eigenvalue weighted by molar-refractivity contribution is 7.93. The molecule has 0 aliphatic rings. The molecule has 0 unspecified atom stereocenters. The van der Waals surface area contributed by atoms with E-state index < -0.39 is 61.2 Å². The maximum atomic E-state index is 12.6. The fourth-order valence-electron chi connectivity index (χ4n) is 1.98. The van der Waals surface area contributed by atoms with E-state index in [4.69, 9.17) is 4.55 Å². The van der Waals surface area contributed by atoms with Crippen molar-refractivity contribution in [1.29, 1.82) is 0 Å². The zero-order valence-corrected chi connectivity index (χ0v) is 14.4. The molecule has 4 N–H and O–H groups in total. The lowest BCUT2D eigenvalue weighted by Gasteiger charge is -2.12. The van der Waals surface area contributed by atoms with Crippen molar-refractivity contribution in [2.45, 2.75) is 19.6 Å². The molecule has 0 amide bonds. The maximum absolute atomic E-state index is 12.6. The number of phenols is 2. The van der Waals surface area contributed by atoms with Gasteiger partial charge in [-0.2, -0.15) is 16.8 Å². The first-order chi connectivity index (χ1) is 11.3. The second-order valence-electron chi connectivity index (χ2n) is 4.69. The van der Waals surface area contributed by atoms with Crippen LogP contribution in [0.5, 0.6) is 11.5 Å². The Kier molecular flexibility index (Phi) is 4.56. The van der Waals surface area contributed by atoms with Gasteiger partial charge in [-0.3, -0.25) is 9.11 Å². The fourth-order valence-corrected chi connectivity index (χ4v) is 5.33. The van der Waals surface area contributed by atoms with Crippen LogP contribution in [0.3, 0.4) is 0 Å². The summed E-state index contributed by atoms with van der Waals surface area (Å²) >= 11 is 0. The highest BCUT2D eigenvalue weighted by Gasteiger charge is 2.34. The Morgan fingerprint density at radius 3 is 1.76 bits per heavy atom. The number of sulfone groups is 1. The minimum atomic E-state index is -5.42. The summed E-state index contributed by atoms with van der Waals surface area (Å²) in [6.45, 7) is 0. The quantitative estimate of drug-likeness (QED) is 0.515. The first-order valence-electron chi connectivity index (χ1n) is 6.11. The zero-order chi connectivity index (χ0) is 19.2. The van der Waals surface area contributed by atoms with E-state index in [1.807, 2.05) is 0 Å². The number of aromatic hydroxyl groups is 2. The van der Waals surface area contributed by atoms with Gasteiger partial charge in [0.2, 0.25) is 9.84 Å². The standard InChI is InChI=1S/C12H10O10S3/c13-7-2-1-3-8(6-7)23(15,16)10-5-4-9(24(17,18)19)11(14)12(10)25(20,21)22/h1-6,13-14H,(H,17,18,19)(H,20,21,22). The number of benzene rings is 2. The number of phenolic OH excluding ortho intramolecular Hbond substituents is 2. The Morgan fingerprint density at radius 1 is 0.720 bits per heavy atom. The average Bonchev–Trinajstić information content (AvgIpc) is 2.44. The van der Waals surface area contributed by atoms with Gasteiger partial charge >= 0.3 is 0 Å². The van der Waals surface area contributed by atoms with E-state index >= 15 is 0 Å².